The predicted molar refractivity (Wildman–Crippen MR) is 136 cm³/mol. The number of carbonyl (C=O) groups excluding carboxylic acids is 1. The standard InChI is InChI=1S/C22H38N4O4.HI/c1-8-9-17(26-21(27)30-22(2,3)4)15-25-20(23-5)24-13-12-16-10-11-18(28-6)19(14-16)29-7;/h10-11,14,17H,8-9,12-13,15H2,1-7H3,(H,26,27)(H2,23,24,25);1H. The highest BCUT2D eigenvalue weighted by Crippen LogP contribution is 2.27. The first-order valence-electron chi connectivity index (χ1n) is 10.4. The van der Waals surface area contributed by atoms with Crippen molar-refractivity contribution in [2.75, 3.05) is 34.4 Å². The van der Waals surface area contributed by atoms with Crippen molar-refractivity contribution >= 4 is 36.0 Å². The van der Waals surface area contributed by atoms with Crippen molar-refractivity contribution in [2.45, 2.75) is 58.6 Å². The van der Waals surface area contributed by atoms with E-state index in [1.165, 1.54) is 0 Å². The maximum Gasteiger partial charge on any atom is 0.407 e. The number of alkyl carbamates (subject to hydrolysis) is 1. The summed E-state index contributed by atoms with van der Waals surface area (Å²) in [6.45, 7) is 8.90. The van der Waals surface area contributed by atoms with Gasteiger partial charge in [-0.25, -0.2) is 4.79 Å². The fourth-order valence-corrected chi connectivity index (χ4v) is 2.85. The number of aliphatic imine (C=N–C) groups is 1. The van der Waals surface area contributed by atoms with Crippen LogP contribution in [0.25, 0.3) is 0 Å². The van der Waals surface area contributed by atoms with Gasteiger partial charge in [-0.1, -0.05) is 19.4 Å². The van der Waals surface area contributed by atoms with Crippen LogP contribution in [-0.4, -0.2) is 58.1 Å². The van der Waals surface area contributed by atoms with E-state index in [1.807, 2.05) is 39.0 Å². The predicted octanol–water partition coefficient (Wildman–Crippen LogP) is 3.72. The number of ether oxygens (including phenoxy) is 3. The van der Waals surface area contributed by atoms with Crippen LogP contribution in [0.3, 0.4) is 0 Å². The van der Waals surface area contributed by atoms with Crippen LogP contribution in [-0.2, 0) is 11.2 Å². The van der Waals surface area contributed by atoms with Crippen LogP contribution in [0.2, 0.25) is 0 Å². The molecule has 0 aliphatic carbocycles. The lowest BCUT2D eigenvalue weighted by atomic mass is 10.1. The number of benzene rings is 1. The van der Waals surface area contributed by atoms with Gasteiger partial charge in [-0.05, 0) is 51.3 Å². The Balaban J connectivity index is 0.00000900. The molecule has 0 heterocycles. The van der Waals surface area contributed by atoms with Crippen LogP contribution in [0.5, 0.6) is 11.5 Å². The van der Waals surface area contributed by atoms with Crippen LogP contribution >= 0.6 is 24.0 Å². The minimum absolute atomic E-state index is 0. The van der Waals surface area contributed by atoms with Crippen molar-refractivity contribution in [3.63, 3.8) is 0 Å². The molecular weight excluding hydrogens is 511 g/mol. The third kappa shape index (κ3) is 11.9. The Morgan fingerprint density at radius 3 is 2.35 bits per heavy atom. The number of carbonyl (C=O) groups is 1. The lowest BCUT2D eigenvalue weighted by molar-refractivity contribution is 0.0502. The molecular formula is C22H39IN4O4. The first kappa shape index (κ1) is 29.1. The maximum absolute atomic E-state index is 12.1. The summed E-state index contributed by atoms with van der Waals surface area (Å²) in [5, 5.41) is 9.50. The molecule has 1 aromatic rings. The highest BCUT2D eigenvalue weighted by atomic mass is 127. The normalized spacial score (nSPS) is 12.3. The molecule has 0 aliphatic heterocycles. The van der Waals surface area contributed by atoms with Crippen molar-refractivity contribution in [1.29, 1.82) is 0 Å². The summed E-state index contributed by atoms with van der Waals surface area (Å²) in [6.07, 6.45) is 2.19. The Labute approximate surface area is 203 Å². The fraction of sp³-hybridized carbons (Fsp3) is 0.636. The summed E-state index contributed by atoms with van der Waals surface area (Å²) in [4.78, 5) is 16.3. The van der Waals surface area contributed by atoms with Crippen LogP contribution in [0.4, 0.5) is 4.79 Å². The lowest BCUT2D eigenvalue weighted by Crippen LogP contribution is -2.48. The highest BCUT2D eigenvalue weighted by Gasteiger charge is 2.19. The van der Waals surface area contributed by atoms with Gasteiger partial charge in [0.05, 0.1) is 14.2 Å². The Morgan fingerprint density at radius 1 is 1.13 bits per heavy atom. The SMILES string of the molecule is CCCC(CNC(=NC)NCCc1ccc(OC)c(OC)c1)NC(=O)OC(C)(C)C.I. The first-order chi connectivity index (χ1) is 14.2. The van der Waals surface area contributed by atoms with E-state index in [0.29, 0.717) is 30.5 Å². The molecule has 8 nitrogen and oxygen atoms in total. The Bertz CT molecular complexity index is 693. The fourth-order valence-electron chi connectivity index (χ4n) is 2.85. The summed E-state index contributed by atoms with van der Waals surface area (Å²) < 4.78 is 16.0. The molecule has 0 aliphatic rings. The number of nitrogens with zero attached hydrogens (tertiary/aromatic N) is 1. The zero-order valence-corrected chi connectivity index (χ0v) is 22.2. The molecule has 31 heavy (non-hydrogen) atoms. The number of methoxy groups -OCH3 is 2. The zero-order valence-electron chi connectivity index (χ0n) is 19.8. The largest absolute Gasteiger partial charge is 0.493 e. The molecule has 0 saturated carbocycles. The third-order valence-corrected chi connectivity index (χ3v) is 4.25. The quantitative estimate of drug-likeness (QED) is 0.234. The van der Waals surface area contributed by atoms with E-state index in [0.717, 1.165) is 24.8 Å². The van der Waals surface area contributed by atoms with Crippen molar-refractivity contribution in [3.05, 3.63) is 23.8 Å². The van der Waals surface area contributed by atoms with Gasteiger partial charge in [0, 0.05) is 26.2 Å². The maximum atomic E-state index is 12.1. The molecule has 178 valence electrons. The van der Waals surface area contributed by atoms with Gasteiger partial charge in [-0.2, -0.15) is 0 Å². The molecule has 1 rings (SSSR count). The van der Waals surface area contributed by atoms with Crippen molar-refractivity contribution in [1.82, 2.24) is 16.0 Å². The van der Waals surface area contributed by atoms with Crippen LogP contribution in [0, 0.1) is 0 Å². The van der Waals surface area contributed by atoms with E-state index >= 15 is 0 Å². The second-order valence-electron chi connectivity index (χ2n) is 7.95. The molecule has 1 amide bonds. The number of rotatable bonds is 10. The van der Waals surface area contributed by atoms with E-state index < -0.39 is 11.7 Å². The Kier molecular flexibility index (Phi) is 14.1. The van der Waals surface area contributed by atoms with Crippen molar-refractivity contribution in [2.24, 2.45) is 4.99 Å². The topological polar surface area (TPSA) is 93.2 Å². The Hall–Kier alpha value is -1.91. The molecule has 0 aromatic heterocycles. The van der Waals surface area contributed by atoms with Gasteiger partial charge in [-0.3, -0.25) is 4.99 Å². The van der Waals surface area contributed by atoms with Gasteiger partial charge in [0.25, 0.3) is 0 Å². The van der Waals surface area contributed by atoms with Crippen LogP contribution in [0.15, 0.2) is 23.2 Å². The molecule has 0 fully saturated rings. The average Bonchev–Trinajstić information content (AvgIpc) is 2.68. The minimum Gasteiger partial charge on any atom is -0.493 e. The molecule has 1 aromatic carbocycles. The van der Waals surface area contributed by atoms with Crippen molar-refractivity contribution in [3.8, 4) is 11.5 Å². The molecule has 3 N–H and O–H groups in total. The van der Waals surface area contributed by atoms with E-state index in [-0.39, 0.29) is 30.0 Å². The summed E-state index contributed by atoms with van der Waals surface area (Å²) in [5.41, 5.74) is 0.613. The molecule has 0 radical (unpaired) electrons. The summed E-state index contributed by atoms with van der Waals surface area (Å²) in [7, 11) is 4.98. The van der Waals surface area contributed by atoms with E-state index in [2.05, 4.69) is 27.9 Å². The number of hydrogen-bond donors (Lipinski definition) is 3. The number of nitrogens with one attached hydrogen (secondary N) is 3. The monoisotopic (exact) mass is 550 g/mol. The van der Waals surface area contributed by atoms with Gasteiger partial charge in [0.15, 0.2) is 17.5 Å². The first-order valence-corrected chi connectivity index (χ1v) is 10.4. The summed E-state index contributed by atoms with van der Waals surface area (Å²) >= 11 is 0. The van der Waals surface area contributed by atoms with Crippen LogP contribution < -0.4 is 25.4 Å². The third-order valence-electron chi connectivity index (χ3n) is 4.25. The van der Waals surface area contributed by atoms with Crippen molar-refractivity contribution < 1.29 is 19.0 Å². The van der Waals surface area contributed by atoms with Gasteiger partial charge >= 0.3 is 6.09 Å². The smallest absolute Gasteiger partial charge is 0.407 e. The number of halogens is 1. The van der Waals surface area contributed by atoms with E-state index in [1.54, 1.807) is 21.3 Å². The lowest BCUT2D eigenvalue weighted by Gasteiger charge is -2.24. The van der Waals surface area contributed by atoms with Gasteiger partial charge in [0.1, 0.15) is 5.60 Å². The van der Waals surface area contributed by atoms with Gasteiger partial charge < -0.3 is 30.2 Å². The van der Waals surface area contributed by atoms with Gasteiger partial charge in [-0.15, -0.1) is 24.0 Å². The van der Waals surface area contributed by atoms with E-state index in [4.69, 9.17) is 14.2 Å². The molecule has 0 spiro atoms. The highest BCUT2D eigenvalue weighted by molar-refractivity contribution is 14.0. The number of amides is 1. The summed E-state index contributed by atoms with van der Waals surface area (Å²) in [6, 6.07) is 5.84. The average molecular weight is 550 g/mol. The number of guanidine groups is 1. The molecule has 0 saturated heterocycles. The van der Waals surface area contributed by atoms with Crippen LogP contribution in [0.1, 0.15) is 46.1 Å². The van der Waals surface area contributed by atoms with E-state index in [9.17, 15) is 4.79 Å². The minimum atomic E-state index is -0.518. The zero-order chi connectivity index (χ0) is 22.6. The Morgan fingerprint density at radius 2 is 1.81 bits per heavy atom. The molecule has 0 bridgehead atoms. The van der Waals surface area contributed by atoms with Gasteiger partial charge in [0.2, 0.25) is 0 Å². The molecule has 1 atom stereocenters. The molecule has 1 unspecified atom stereocenters. The second-order valence-corrected chi connectivity index (χ2v) is 7.95. The molecule has 9 heteroatoms. The number of hydrogen-bond acceptors (Lipinski definition) is 5. The summed E-state index contributed by atoms with van der Waals surface area (Å²) in [5.74, 6) is 2.11. The second kappa shape index (κ2) is 15.0.